The van der Waals surface area contributed by atoms with E-state index in [0.29, 0.717) is 29.9 Å². The van der Waals surface area contributed by atoms with Gasteiger partial charge in [-0.05, 0) is 0 Å². The van der Waals surface area contributed by atoms with Gasteiger partial charge in [0.15, 0.2) is 0 Å². The van der Waals surface area contributed by atoms with Crippen LogP contribution in [0.25, 0.3) is 0 Å². The molecule has 0 aliphatic carbocycles. The van der Waals surface area contributed by atoms with Gasteiger partial charge >= 0.3 is 176 Å². The Hall–Kier alpha value is 1.38. The van der Waals surface area contributed by atoms with Crippen molar-refractivity contribution in [2.24, 2.45) is 0 Å². The van der Waals surface area contributed by atoms with Gasteiger partial charge in [0.2, 0.25) is 0 Å². The minimum absolute atomic E-state index is 0.625. The summed E-state index contributed by atoms with van der Waals surface area (Å²) in [5.74, 6) is 4.67. The van der Waals surface area contributed by atoms with Crippen molar-refractivity contribution in [3.8, 4) is 0 Å². The number of thioether (sulfide) groups is 6. The zero-order valence-electron chi connectivity index (χ0n) is 12.0. The summed E-state index contributed by atoms with van der Waals surface area (Å²) in [6.07, 6.45) is 7.59. The van der Waals surface area contributed by atoms with Crippen LogP contribution in [0.2, 0.25) is 11.6 Å². The van der Waals surface area contributed by atoms with E-state index in [1.54, 1.807) is 20.1 Å². The molecule has 23 heavy (non-hydrogen) atoms. The Morgan fingerprint density at radius 2 is 1.09 bits per heavy atom. The predicted molar refractivity (Wildman–Crippen MR) is 116 cm³/mol. The summed E-state index contributed by atoms with van der Waals surface area (Å²) in [6.45, 7) is 0. The first kappa shape index (κ1) is 17.8. The second kappa shape index (κ2) is 7.95. The first-order valence-corrected chi connectivity index (χ1v) is 16.4. The third kappa shape index (κ3) is 3.75. The number of hydrogen-bond donors (Lipinski definition) is 0. The number of allylic oxidation sites excluding steroid dienone is 3. The fourth-order valence-corrected chi connectivity index (χ4v) is 17.3. The number of rotatable bonds is 2. The molecule has 0 radical (unpaired) electrons. The van der Waals surface area contributed by atoms with Crippen LogP contribution in [0.15, 0.2) is 59.0 Å². The molecule has 0 atom stereocenters. The van der Waals surface area contributed by atoms with Crippen molar-refractivity contribution in [2.75, 3.05) is 0 Å². The van der Waals surface area contributed by atoms with E-state index in [4.69, 9.17) is 4.74 Å². The molecule has 9 heteroatoms. The maximum atomic E-state index is 5.13. The third-order valence-electron chi connectivity index (χ3n) is 2.87. The molecule has 0 saturated heterocycles. The molecule has 4 aliphatic heterocycles. The fraction of sp³-hybridized carbons (Fsp3) is 0.143. The Morgan fingerprint density at radius 1 is 0.652 bits per heavy atom. The van der Waals surface area contributed by atoms with Crippen molar-refractivity contribution in [3.05, 3.63) is 59.0 Å². The Balaban J connectivity index is 1.48. The Kier molecular flexibility index (Phi) is 6.14. The summed E-state index contributed by atoms with van der Waals surface area (Å²) >= 11 is 13.1. The fourth-order valence-electron chi connectivity index (χ4n) is 1.86. The maximum absolute atomic E-state index is 5.13. The van der Waals surface area contributed by atoms with Crippen LogP contribution < -0.4 is 0 Å². The summed E-state index contributed by atoms with van der Waals surface area (Å²) in [5, 5.41) is 0. The minimum atomic E-state index is 0.625. The molecule has 0 aromatic heterocycles. The summed E-state index contributed by atoms with van der Waals surface area (Å²) < 4.78 is 15.7. The molecule has 4 rings (SSSR count). The first-order valence-electron chi connectivity index (χ1n) is 6.39. The van der Waals surface area contributed by atoms with Gasteiger partial charge < -0.3 is 0 Å². The topological polar surface area (TPSA) is 9.23 Å². The van der Waals surface area contributed by atoms with E-state index in [1.807, 2.05) is 82.7 Å². The summed E-state index contributed by atoms with van der Waals surface area (Å²) in [5.41, 5.74) is 1.26. The molecular formula is C14H10OS6Se2. The molecule has 0 saturated carbocycles. The van der Waals surface area contributed by atoms with Crippen molar-refractivity contribution in [1.82, 2.24) is 0 Å². The molecular weight excluding hydrogens is 534 g/mol. The average Bonchev–Trinajstić information content (AvgIpc) is 3.27. The van der Waals surface area contributed by atoms with Gasteiger partial charge in [-0.3, -0.25) is 0 Å². The predicted octanol–water partition coefficient (Wildman–Crippen LogP) is 6.58. The second-order valence-electron chi connectivity index (χ2n) is 4.23. The Bertz CT molecular complexity index is 692. The first-order chi connectivity index (χ1) is 11.3. The monoisotopic (exact) mass is 546 g/mol. The molecule has 4 aliphatic rings. The molecule has 4 heterocycles. The van der Waals surface area contributed by atoms with E-state index in [1.165, 1.54) is 26.8 Å². The van der Waals surface area contributed by atoms with Gasteiger partial charge in [-0.2, -0.15) is 0 Å². The van der Waals surface area contributed by atoms with Crippen LogP contribution in [0, 0.1) is 0 Å². The van der Waals surface area contributed by atoms with Crippen molar-refractivity contribution < 1.29 is 4.74 Å². The second-order valence-corrected chi connectivity index (χ2v) is 16.2. The average molecular weight is 545 g/mol. The van der Waals surface area contributed by atoms with Gasteiger partial charge in [-0.25, -0.2) is 0 Å². The van der Waals surface area contributed by atoms with E-state index >= 15 is 0 Å². The SMILES string of the molecule is C[Se]C1=C([Se]C)SC(=C2SC3=C(SC(=C4C=COC=C4)S3)S2)S1. The molecule has 0 amide bonds. The van der Waals surface area contributed by atoms with Crippen LogP contribution in [0.4, 0.5) is 0 Å². The van der Waals surface area contributed by atoms with Gasteiger partial charge in [0.05, 0.1) is 0 Å². The normalized spacial score (nSPS) is 23.6. The van der Waals surface area contributed by atoms with Crippen molar-refractivity contribution in [3.63, 3.8) is 0 Å². The van der Waals surface area contributed by atoms with Crippen LogP contribution in [-0.4, -0.2) is 29.9 Å². The molecule has 0 N–H and O–H groups in total. The number of ether oxygens (including phenoxy) is 1. The van der Waals surface area contributed by atoms with Crippen LogP contribution in [0.1, 0.15) is 0 Å². The molecule has 0 spiro atoms. The van der Waals surface area contributed by atoms with E-state index < -0.39 is 0 Å². The van der Waals surface area contributed by atoms with Gasteiger partial charge in [-0.1, -0.05) is 0 Å². The number of hydrogen-bond acceptors (Lipinski definition) is 7. The standard InChI is InChI=1S/C14H10OS6Se2/c1-22-13-14(23-2)21-12(20-13)11-18-9-10(19-11)17-8(16-9)7-3-5-15-6-4-7/h3-6H,1-2H3. The van der Waals surface area contributed by atoms with Gasteiger partial charge in [0.1, 0.15) is 0 Å². The summed E-state index contributed by atoms with van der Waals surface area (Å²) in [4.78, 5) is 0. The molecule has 0 unspecified atom stereocenters. The zero-order valence-corrected chi connectivity index (χ0v) is 20.3. The van der Waals surface area contributed by atoms with Crippen LogP contribution in [-0.2, 0) is 4.74 Å². The van der Waals surface area contributed by atoms with Crippen LogP contribution in [0.3, 0.4) is 0 Å². The van der Waals surface area contributed by atoms with Crippen LogP contribution >= 0.6 is 70.6 Å². The van der Waals surface area contributed by atoms with E-state index in [-0.39, 0.29) is 0 Å². The van der Waals surface area contributed by atoms with Gasteiger partial charge in [-0.15, -0.1) is 0 Å². The summed E-state index contributed by atoms with van der Waals surface area (Å²) in [6, 6.07) is 0. The molecule has 0 bridgehead atoms. The van der Waals surface area contributed by atoms with Crippen molar-refractivity contribution in [2.45, 2.75) is 11.6 Å². The van der Waals surface area contributed by atoms with Crippen molar-refractivity contribution in [1.29, 1.82) is 0 Å². The summed E-state index contributed by atoms with van der Waals surface area (Å²) in [7, 11) is 0. The molecule has 0 aromatic carbocycles. The van der Waals surface area contributed by atoms with Gasteiger partial charge in [0.25, 0.3) is 0 Å². The Labute approximate surface area is 174 Å². The van der Waals surface area contributed by atoms with Crippen LogP contribution in [0.5, 0.6) is 0 Å². The molecule has 120 valence electrons. The Morgan fingerprint density at radius 3 is 1.57 bits per heavy atom. The van der Waals surface area contributed by atoms with E-state index in [0.717, 1.165) is 0 Å². The molecule has 0 fully saturated rings. The molecule has 1 nitrogen and oxygen atoms in total. The van der Waals surface area contributed by atoms with Gasteiger partial charge in [0, 0.05) is 0 Å². The zero-order chi connectivity index (χ0) is 15.8. The van der Waals surface area contributed by atoms with E-state index in [2.05, 4.69) is 11.6 Å². The molecule has 0 aromatic rings. The van der Waals surface area contributed by atoms with Crippen molar-refractivity contribution >= 4 is 100 Å². The quantitative estimate of drug-likeness (QED) is 0.359. The third-order valence-corrected chi connectivity index (χ3v) is 17.7. The van der Waals surface area contributed by atoms with E-state index in [9.17, 15) is 0 Å².